The number of carbonyl (C=O) groups is 1. The van der Waals surface area contributed by atoms with Crippen LogP contribution in [0.5, 0.6) is 0 Å². The average molecular weight is 260 g/mol. The van der Waals surface area contributed by atoms with Gasteiger partial charge in [-0.25, -0.2) is 0 Å². The molecule has 2 rings (SSSR count). The van der Waals surface area contributed by atoms with Crippen molar-refractivity contribution in [3.05, 3.63) is 51.3 Å². The molecule has 1 aromatic heterocycles. The Labute approximate surface area is 109 Å². The molecule has 0 aliphatic heterocycles. The molecule has 0 aliphatic carbocycles. The molecule has 0 aliphatic rings. The number of nitrogens with zero attached hydrogens (tertiary/aromatic N) is 4. The van der Waals surface area contributed by atoms with Gasteiger partial charge < -0.3 is 10.1 Å². The van der Waals surface area contributed by atoms with Gasteiger partial charge in [-0.05, 0) is 30.4 Å². The summed E-state index contributed by atoms with van der Waals surface area (Å²) in [6.07, 6.45) is 1.18. The Morgan fingerprint density at radius 2 is 2.16 bits per heavy atom. The number of hydrogen-bond acceptors (Lipinski definition) is 5. The van der Waals surface area contributed by atoms with Crippen LogP contribution in [-0.2, 0) is 6.54 Å². The fraction of sp³-hybridized carbons (Fsp3) is 0.250. The first-order valence-electron chi connectivity index (χ1n) is 5.61. The lowest BCUT2D eigenvalue weighted by atomic mass is 10.0. The third-order valence-corrected chi connectivity index (χ3v) is 2.69. The van der Waals surface area contributed by atoms with Crippen LogP contribution in [0.25, 0.3) is 0 Å². The van der Waals surface area contributed by atoms with Crippen LogP contribution < -0.4 is 0 Å². The molecular weight excluding hydrogens is 248 g/mol. The van der Waals surface area contributed by atoms with E-state index in [9.17, 15) is 14.9 Å². The van der Waals surface area contributed by atoms with Gasteiger partial charge >= 0.3 is 5.95 Å². The van der Waals surface area contributed by atoms with Crippen molar-refractivity contribution in [2.75, 3.05) is 0 Å². The Morgan fingerprint density at radius 1 is 1.42 bits per heavy atom. The topological polar surface area (TPSA) is 90.9 Å². The van der Waals surface area contributed by atoms with Gasteiger partial charge in [0.25, 0.3) is 0 Å². The fourth-order valence-electron chi connectivity index (χ4n) is 1.71. The van der Waals surface area contributed by atoms with E-state index in [4.69, 9.17) is 0 Å². The van der Waals surface area contributed by atoms with E-state index >= 15 is 0 Å². The van der Waals surface area contributed by atoms with Crippen LogP contribution in [0, 0.1) is 24.0 Å². The predicted octanol–water partition coefficient (Wildman–Crippen LogP) is 1.69. The van der Waals surface area contributed by atoms with E-state index in [1.54, 1.807) is 6.07 Å². The largest absolute Gasteiger partial charge is 0.490 e. The van der Waals surface area contributed by atoms with Crippen molar-refractivity contribution in [2.24, 2.45) is 0 Å². The van der Waals surface area contributed by atoms with Crippen molar-refractivity contribution in [3.63, 3.8) is 0 Å². The number of benzene rings is 1. The van der Waals surface area contributed by atoms with E-state index < -0.39 is 10.9 Å². The lowest BCUT2D eigenvalue weighted by Gasteiger charge is -2.04. The molecule has 7 heteroatoms. The predicted molar refractivity (Wildman–Crippen MR) is 66.9 cm³/mol. The Morgan fingerprint density at radius 3 is 2.79 bits per heavy atom. The third-order valence-electron chi connectivity index (χ3n) is 2.69. The lowest BCUT2D eigenvalue weighted by molar-refractivity contribution is -0.394. The van der Waals surface area contributed by atoms with Crippen molar-refractivity contribution in [3.8, 4) is 0 Å². The Balaban J connectivity index is 2.20. The summed E-state index contributed by atoms with van der Waals surface area (Å²) < 4.78 is 1.17. The number of carbonyl (C=O) groups excluding carboxylic acids is 1. The maximum atomic E-state index is 12.1. The smallest absolute Gasteiger partial charge is 0.390 e. The average Bonchev–Trinajstić information content (AvgIpc) is 2.80. The third kappa shape index (κ3) is 2.82. The first kappa shape index (κ1) is 12.9. The van der Waals surface area contributed by atoms with Crippen molar-refractivity contribution in [1.29, 1.82) is 0 Å². The maximum Gasteiger partial charge on any atom is 0.490 e. The number of nitro groups is 1. The maximum absolute atomic E-state index is 12.1. The summed E-state index contributed by atoms with van der Waals surface area (Å²) in [5.41, 5.74) is 2.45. The molecule has 0 amide bonds. The van der Waals surface area contributed by atoms with Crippen molar-refractivity contribution >= 4 is 11.7 Å². The Bertz CT molecular complexity index is 648. The summed E-state index contributed by atoms with van der Waals surface area (Å²) in [4.78, 5) is 25.4. The van der Waals surface area contributed by atoms with E-state index in [0.29, 0.717) is 5.56 Å². The van der Waals surface area contributed by atoms with E-state index in [1.807, 2.05) is 26.0 Å². The van der Waals surface area contributed by atoms with Gasteiger partial charge in [0.05, 0.1) is 0 Å². The summed E-state index contributed by atoms with van der Waals surface area (Å²) >= 11 is 0. The molecule has 0 spiro atoms. The molecule has 0 atom stereocenters. The van der Waals surface area contributed by atoms with Gasteiger partial charge in [-0.2, -0.15) is 4.68 Å². The minimum atomic E-state index is -0.696. The Kier molecular flexibility index (Phi) is 3.37. The van der Waals surface area contributed by atoms with Gasteiger partial charge in [-0.1, -0.05) is 22.7 Å². The Hall–Kier alpha value is -2.57. The van der Waals surface area contributed by atoms with E-state index in [0.717, 1.165) is 11.1 Å². The van der Waals surface area contributed by atoms with Gasteiger partial charge in [0.1, 0.15) is 6.54 Å². The number of ketones is 1. The SMILES string of the molecule is Cc1ccc(C)c(C(=O)Cn2cnc([N+](=O)[O-])n2)c1. The van der Waals surface area contributed by atoms with Crippen LogP contribution in [0.3, 0.4) is 0 Å². The number of hydrogen-bond donors (Lipinski definition) is 0. The molecule has 0 N–H and O–H groups in total. The van der Waals surface area contributed by atoms with E-state index in [-0.39, 0.29) is 12.3 Å². The van der Waals surface area contributed by atoms with Gasteiger partial charge in [0.2, 0.25) is 6.33 Å². The summed E-state index contributed by atoms with van der Waals surface area (Å²) in [5.74, 6) is -0.658. The summed E-state index contributed by atoms with van der Waals surface area (Å²) in [6, 6.07) is 5.59. The standard InChI is InChI=1S/C12H12N4O3/c1-8-3-4-9(2)10(5-8)11(17)6-15-7-13-12(14-15)16(18)19/h3-5,7H,6H2,1-2H3. The second-order valence-electron chi connectivity index (χ2n) is 4.24. The van der Waals surface area contributed by atoms with Crippen molar-refractivity contribution in [1.82, 2.24) is 14.8 Å². The van der Waals surface area contributed by atoms with Gasteiger partial charge in [-0.15, -0.1) is 0 Å². The normalized spacial score (nSPS) is 10.4. The number of aromatic nitrogens is 3. The second kappa shape index (κ2) is 4.97. The summed E-state index contributed by atoms with van der Waals surface area (Å²) in [7, 11) is 0. The van der Waals surface area contributed by atoms with Gasteiger partial charge in [0, 0.05) is 10.7 Å². The molecule has 0 fully saturated rings. The van der Waals surface area contributed by atoms with Crippen LogP contribution in [0.15, 0.2) is 24.5 Å². The molecule has 7 nitrogen and oxygen atoms in total. The first-order valence-corrected chi connectivity index (χ1v) is 5.61. The minimum Gasteiger partial charge on any atom is -0.390 e. The molecule has 1 aromatic carbocycles. The van der Waals surface area contributed by atoms with Crippen LogP contribution >= 0.6 is 0 Å². The van der Waals surface area contributed by atoms with Crippen LogP contribution in [0.2, 0.25) is 0 Å². The molecule has 2 aromatic rings. The van der Waals surface area contributed by atoms with Gasteiger partial charge in [0.15, 0.2) is 5.78 Å². The lowest BCUT2D eigenvalue weighted by Crippen LogP contribution is -2.12. The van der Waals surface area contributed by atoms with Crippen LogP contribution in [0.4, 0.5) is 5.95 Å². The molecule has 0 saturated heterocycles. The molecule has 19 heavy (non-hydrogen) atoms. The van der Waals surface area contributed by atoms with Crippen molar-refractivity contribution < 1.29 is 9.72 Å². The highest BCUT2D eigenvalue weighted by molar-refractivity contribution is 5.97. The van der Waals surface area contributed by atoms with E-state index in [1.165, 1.54) is 11.0 Å². The fourth-order valence-corrected chi connectivity index (χ4v) is 1.71. The number of rotatable bonds is 4. The minimum absolute atomic E-state index is 0.0644. The number of Topliss-reactive ketones (excluding diaryl/α,β-unsaturated/α-hetero) is 1. The highest BCUT2D eigenvalue weighted by Crippen LogP contribution is 2.12. The zero-order chi connectivity index (χ0) is 14.0. The molecular formula is C12H12N4O3. The molecule has 0 bridgehead atoms. The molecule has 1 heterocycles. The highest BCUT2D eigenvalue weighted by Gasteiger charge is 2.17. The first-order chi connectivity index (χ1) is 8.97. The van der Waals surface area contributed by atoms with E-state index in [2.05, 4.69) is 10.1 Å². The van der Waals surface area contributed by atoms with Crippen LogP contribution in [0.1, 0.15) is 21.5 Å². The summed E-state index contributed by atoms with van der Waals surface area (Å²) in [6.45, 7) is 3.68. The van der Waals surface area contributed by atoms with Gasteiger partial charge in [-0.3, -0.25) is 4.79 Å². The molecule has 98 valence electrons. The monoisotopic (exact) mass is 260 g/mol. The zero-order valence-corrected chi connectivity index (χ0v) is 10.5. The van der Waals surface area contributed by atoms with Crippen molar-refractivity contribution in [2.45, 2.75) is 20.4 Å². The molecule has 0 unspecified atom stereocenters. The highest BCUT2D eigenvalue weighted by atomic mass is 16.6. The summed E-state index contributed by atoms with van der Waals surface area (Å²) in [5, 5.41) is 14.1. The molecule has 0 radical (unpaired) electrons. The van der Waals surface area contributed by atoms with Crippen LogP contribution in [-0.4, -0.2) is 25.5 Å². The second-order valence-corrected chi connectivity index (χ2v) is 4.24. The quantitative estimate of drug-likeness (QED) is 0.474. The number of aryl methyl sites for hydroxylation is 2. The molecule has 0 saturated carbocycles. The zero-order valence-electron chi connectivity index (χ0n) is 10.5.